The molecule has 0 atom stereocenters. The Labute approximate surface area is 547 Å². The van der Waals surface area contributed by atoms with E-state index in [2.05, 4.69) is 296 Å². The topological polar surface area (TPSA) is 15.5 Å². The standard InChI is InChI=1S/2C22H32N.2C20H28N/c2*1-15-10-11-17(16(2)12-15)20-13-18(21(3,4)5)19(14-23(20)9)22(6,7)8;2*1-7-20(5,8-2)17-10-12-19(21(6)14-17)18-11-9-15(3)13-16(18)4/h2*10-14H,1-9H3;2*9-14H,7-8H2,1-6H3/q4*+1/i1D3;;3D3;. The van der Waals surface area contributed by atoms with E-state index in [1.807, 2.05) is 26.0 Å². The fraction of sp³-hybridized carbons (Fsp3) is 0.476. The van der Waals surface area contributed by atoms with Crippen LogP contribution in [0.3, 0.4) is 0 Å². The van der Waals surface area contributed by atoms with Crippen LogP contribution in [0.5, 0.6) is 0 Å². The number of pyridine rings is 4. The summed E-state index contributed by atoms with van der Waals surface area (Å²) in [6.45, 7) is 49.5. The lowest BCUT2D eigenvalue weighted by Crippen LogP contribution is -2.36. The van der Waals surface area contributed by atoms with E-state index in [0.717, 1.165) is 46.5 Å². The molecule has 0 amide bonds. The van der Waals surface area contributed by atoms with Gasteiger partial charge < -0.3 is 0 Å². The Hall–Kier alpha value is -6.52. The molecule has 4 aromatic carbocycles. The molecule has 4 heteroatoms. The molecule has 8 aromatic rings. The van der Waals surface area contributed by atoms with Crippen LogP contribution >= 0.6 is 0 Å². The van der Waals surface area contributed by atoms with Gasteiger partial charge in [-0.1, -0.05) is 195 Å². The summed E-state index contributed by atoms with van der Waals surface area (Å²) in [6, 6.07) is 37.9. The third kappa shape index (κ3) is 17.5. The van der Waals surface area contributed by atoms with E-state index in [9.17, 15) is 0 Å². The number of aryl methyl sites for hydroxylation is 12. The van der Waals surface area contributed by atoms with Crippen LogP contribution in [0.1, 0.15) is 236 Å². The zero-order chi connectivity index (χ0) is 71.4. The summed E-state index contributed by atoms with van der Waals surface area (Å²) < 4.78 is 54.4. The summed E-state index contributed by atoms with van der Waals surface area (Å²) in [7, 11) is 8.44. The van der Waals surface area contributed by atoms with Crippen LogP contribution in [0.4, 0.5) is 0 Å². The van der Waals surface area contributed by atoms with Gasteiger partial charge >= 0.3 is 0 Å². The lowest BCUT2D eigenvalue weighted by atomic mass is 9.75. The van der Waals surface area contributed by atoms with Gasteiger partial charge in [0.25, 0.3) is 0 Å². The fourth-order valence-electron chi connectivity index (χ4n) is 12.2. The van der Waals surface area contributed by atoms with Gasteiger partial charge in [0, 0.05) is 77.0 Å². The Morgan fingerprint density at radius 1 is 0.295 bits per heavy atom. The van der Waals surface area contributed by atoms with Crippen molar-refractivity contribution in [1.29, 1.82) is 0 Å². The normalized spacial score (nSPS) is 13.5. The van der Waals surface area contributed by atoms with Gasteiger partial charge in [-0.25, -0.2) is 18.3 Å². The number of nitrogens with zero attached hydrogens (tertiary/aromatic N) is 4. The highest BCUT2D eigenvalue weighted by molar-refractivity contribution is 5.66. The number of aromatic nitrogens is 4. The SMILES string of the molecule is CCC(C)(CC)c1ccc(-c2ccc(C)cc2C)[n+](C)c1.Cc1ccc(-c2cc(C(C)(C)C)c(C(C)(C)C)c[n+]2C)c(C)c1.[2H]C([2H])([2H])c1ccc(-c2cc(C(C)(C)C)c(C(C)(C)C)c[n+]2C)c(C)c1.[2H]C([2H])([2H])c1ccc(-c2ccc(C(C)(CC)CC)c[n+]2C)c(C)c1. The first-order chi connectivity index (χ1) is 43.1. The third-order valence-electron chi connectivity index (χ3n) is 18.9. The molecule has 0 aliphatic carbocycles. The van der Waals surface area contributed by atoms with E-state index in [1.54, 1.807) is 24.3 Å². The Bertz CT molecular complexity index is 3940. The van der Waals surface area contributed by atoms with E-state index >= 15 is 0 Å². The Morgan fingerprint density at radius 3 is 0.784 bits per heavy atom. The molecular formula is C84H120N4+4. The second-order valence-corrected chi connectivity index (χ2v) is 30.3. The first-order valence-electron chi connectivity index (χ1n) is 35.5. The van der Waals surface area contributed by atoms with Gasteiger partial charge in [0.2, 0.25) is 22.8 Å². The van der Waals surface area contributed by atoms with Crippen molar-refractivity contribution in [3.8, 4) is 45.0 Å². The van der Waals surface area contributed by atoms with Crippen LogP contribution in [0.15, 0.2) is 134 Å². The Morgan fingerprint density at radius 2 is 0.545 bits per heavy atom. The molecule has 0 unspecified atom stereocenters. The van der Waals surface area contributed by atoms with Gasteiger partial charge in [-0.15, -0.1) is 0 Å². The van der Waals surface area contributed by atoms with Crippen LogP contribution in [0, 0.1) is 55.2 Å². The van der Waals surface area contributed by atoms with Crippen molar-refractivity contribution in [3.63, 3.8) is 0 Å². The van der Waals surface area contributed by atoms with Gasteiger partial charge in [-0.05, 0) is 183 Å². The van der Waals surface area contributed by atoms with Gasteiger partial charge in [-0.3, -0.25) is 0 Å². The Balaban J connectivity index is 0.000000228. The van der Waals surface area contributed by atoms with E-state index < -0.39 is 13.7 Å². The summed E-state index contributed by atoms with van der Waals surface area (Å²) in [4.78, 5) is 0. The fourth-order valence-corrected chi connectivity index (χ4v) is 12.2. The monoisotopic (exact) mass is 1190 g/mol. The average Bonchev–Trinajstić information content (AvgIpc) is 0.779. The minimum absolute atomic E-state index is 0.0260. The highest BCUT2D eigenvalue weighted by Crippen LogP contribution is 2.39. The minimum atomic E-state index is -2.07. The number of hydrogen-bond acceptors (Lipinski definition) is 0. The zero-order valence-electron chi connectivity index (χ0n) is 66.3. The molecular weight excluding hydrogens is 1060 g/mol. The summed E-state index contributed by atoms with van der Waals surface area (Å²) in [5.74, 6) is 0. The minimum Gasteiger partial charge on any atom is -0.201 e. The van der Waals surface area contributed by atoms with Gasteiger partial charge in [-0.2, -0.15) is 0 Å². The van der Waals surface area contributed by atoms with Crippen LogP contribution in [0.25, 0.3) is 45.0 Å². The first kappa shape index (κ1) is 63.1. The molecule has 88 heavy (non-hydrogen) atoms. The maximum Gasteiger partial charge on any atom is 0.212 e. The lowest BCUT2D eigenvalue weighted by Gasteiger charge is -2.29. The van der Waals surface area contributed by atoms with Crippen molar-refractivity contribution in [2.75, 3.05) is 0 Å². The van der Waals surface area contributed by atoms with Crippen LogP contribution in [0.2, 0.25) is 0 Å². The molecule has 4 aromatic heterocycles. The van der Waals surface area contributed by atoms with Crippen LogP contribution in [-0.4, -0.2) is 0 Å². The number of benzene rings is 4. The van der Waals surface area contributed by atoms with Crippen LogP contribution < -0.4 is 18.3 Å². The van der Waals surface area contributed by atoms with Crippen molar-refractivity contribution in [1.82, 2.24) is 0 Å². The molecule has 0 radical (unpaired) electrons. The van der Waals surface area contributed by atoms with Crippen molar-refractivity contribution < 1.29 is 26.5 Å². The third-order valence-corrected chi connectivity index (χ3v) is 18.9. The largest absolute Gasteiger partial charge is 0.212 e. The molecule has 0 saturated heterocycles. The van der Waals surface area contributed by atoms with E-state index in [1.165, 1.54) is 91.0 Å². The predicted molar refractivity (Wildman–Crippen MR) is 381 cm³/mol. The van der Waals surface area contributed by atoms with E-state index in [0.29, 0.717) is 11.1 Å². The second-order valence-electron chi connectivity index (χ2n) is 30.3. The molecule has 4 heterocycles. The van der Waals surface area contributed by atoms with Gasteiger partial charge in [0.1, 0.15) is 28.2 Å². The van der Waals surface area contributed by atoms with Crippen molar-refractivity contribution >= 4 is 0 Å². The second kappa shape index (κ2) is 28.5. The van der Waals surface area contributed by atoms with Crippen molar-refractivity contribution in [2.24, 2.45) is 28.2 Å². The smallest absolute Gasteiger partial charge is 0.201 e. The molecule has 472 valence electrons. The summed E-state index contributed by atoms with van der Waals surface area (Å²) in [5.41, 5.74) is 26.8. The summed E-state index contributed by atoms with van der Waals surface area (Å²) in [5, 5.41) is 0. The molecule has 0 bridgehead atoms. The predicted octanol–water partition coefficient (Wildman–Crippen LogP) is 20.5. The highest BCUT2D eigenvalue weighted by atomic mass is 14.9. The van der Waals surface area contributed by atoms with Gasteiger partial charge in [0.15, 0.2) is 24.8 Å². The lowest BCUT2D eigenvalue weighted by molar-refractivity contribution is -0.661. The van der Waals surface area contributed by atoms with Crippen molar-refractivity contribution in [3.05, 3.63) is 212 Å². The quantitative estimate of drug-likeness (QED) is 0.121. The summed E-state index contributed by atoms with van der Waals surface area (Å²) in [6.07, 6.45) is 13.6. The van der Waals surface area contributed by atoms with E-state index in [-0.39, 0.29) is 32.5 Å². The molecule has 0 aliphatic rings. The van der Waals surface area contributed by atoms with Crippen molar-refractivity contribution in [2.45, 2.75) is 238 Å². The maximum atomic E-state index is 7.63. The molecule has 0 aliphatic heterocycles. The highest BCUT2D eigenvalue weighted by Gasteiger charge is 2.33. The first-order valence-corrected chi connectivity index (χ1v) is 32.5. The molecule has 0 N–H and O–H groups in total. The molecule has 0 fully saturated rings. The van der Waals surface area contributed by atoms with Crippen LogP contribution in [-0.2, 0) is 60.7 Å². The molecule has 4 nitrogen and oxygen atoms in total. The number of hydrogen-bond donors (Lipinski definition) is 0. The average molecular weight is 1190 g/mol. The maximum absolute atomic E-state index is 7.63. The molecule has 0 saturated carbocycles. The zero-order valence-corrected chi connectivity index (χ0v) is 60.3. The summed E-state index contributed by atoms with van der Waals surface area (Å²) >= 11 is 0. The van der Waals surface area contributed by atoms with Gasteiger partial charge in [0.05, 0.1) is 0 Å². The number of rotatable bonds is 10. The Kier molecular flexibility index (Phi) is 20.4. The van der Waals surface area contributed by atoms with E-state index in [4.69, 9.17) is 8.22 Å². The molecule has 0 spiro atoms. The molecule has 8 rings (SSSR count).